The van der Waals surface area contributed by atoms with Crippen LogP contribution in [0.1, 0.15) is 43.4 Å². The number of methoxy groups -OCH3 is 1. The second-order valence-corrected chi connectivity index (χ2v) is 5.92. The fraction of sp³-hybridized carbons (Fsp3) is 0.800. The van der Waals surface area contributed by atoms with E-state index in [9.17, 15) is 4.79 Å². The molecule has 1 aromatic rings. The lowest BCUT2D eigenvalue weighted by Gasteiger charge is -2.35. The second kappa shape index (κ2) is 7.74. The van der Waals surface area contributed by atoms with Crippen molar-refractivity contribution in [2.75, 3.05) is 40.0 Å². The number of amides is 2. The van der Waals surface area contributed by atoms with Crippen LogP contribution < -0.4 is 0 Å². The van der Waals surface area contributed by atoms with Crippen molar-refractivity contribution in [2.45, 2.75) is 38.3 Å². The average Bonchev–Trinajstić information content (AvgIpc) is 2.91. The smallest absolute Gasteiger partial charge is 0.320 e. The van der Waals surface area contributed by atoms with Gasteiger partial charge in [-0.15, -0.1) is 0 Å². The molecule has 8 heteroatoms. The van der Waals surface area contributed by atoms with Gasteiger partial charge in [-0.1, -0.05) is 18.0 Å². The Morgan fingerprint density at radius 3 is 2.87 bits per heavy atom. The molecule has 0 radical (unpaired) electrons. The molecule has 128 valence electrons. The molecule has 0 spiro atoms. The normalized spacial score (nSPS) is 22.9. The van der Waals surface area contributed by atoms with Crippen molar-refractivity contribution < 1.29 is 18.8 Å². The first-order valence-corrected chi connectivity index (χ1v) is 8.24. The van der Waals surface area contributed by atoms with Gasteiger partial charge in [-0.3, -0.25) is 0 Å². The summed E-state index contributed by atoms with van der Waals surface area (Å²) in [6.45, 7) is 3.51. The number of rotatable bonds is 3. The maximum absolute atomic E-state index is 12.9. The Hall–Kier alpha value is -1.67. The van der Waals surface area contributed by atoms with Crippen molar-refractivity contribution in [3.63, 3.8) is 0 Å². The standard InChI is InChI=1S/C15H24N4O4/c1-21-11-13-16-14(17-23-13)12-5-3-2-4-6-19(12)15(20)18-7-9-22-10-8-18/h12H,2-11H2,1H3/t12-/m1/s1. The summed E-state index contributed by atoms with van der Waals surface area (Å²) in [5, 5.41) is 4.07. The molecule has 2 aliphatic heterocycles. The second-order valence-electron chi connectivity index (χ2n) is 5.92. The lowest BCUT2D eigenvalue weighted by atomic mass is 10.1. The number of aromatic nitrogens is 2. The topological polar surface area (TPSA) is 80.9 Å². The summed E-state index contributed by atoms with van der Waals surface area (Å²) in [7, 11) is 1.59. The zero-order chi connectivity index (χ0) is 16.1. The molecular weight excluding hydrogens is 300 g/mol. The summed E-state index contributed by atoms with van der Waals surface area (Å²) in [6.07, 6.45) is 4.05. The molecule has 8 nitrogen and oxygen atoms in total. The lowest BCUT2D eigenvalue weighted by Crippen LogP contribution is -2.49. The Kier molecular flexibility index (Phi) is 5.45. The summed E-state index contributed by atoms with van der Waals surface area (Å²) >= 11 is 0. The number of likely N-dealkylation sites (tertiary alicyclic amines) is 1. The van der Waals surface area contributed by atoms with Crippen molar-refractivity contribution in [3.8, 4) is 0 Å². The van der Waals surface area contributed by atoms with Crippen LogP contribution in [0.5, 0.6) is 0 Å². The molecule has 2 amide bonds. The van der Waals surface area contributed by atoms with Crippen molar-refractivity contribution in [2.24, 2.45) is 0 Å². The van der Waals surface area contributed by atoms with Gasteiger partial charge in [0.15, 0.2) is 5.82 Å². The molecule has 0 aliphatic carbocycles. The third kappa shape index (κ3) is 3.81. The molecule has 1 atom stereocenters. The largest absolute Gasteiger partial charge is 0.378 e. The van der Waals surface area contributed by atoms with Crippen LogP contribution in [0, 0.1) is 0 Å². The minimum absolute atomic E-state index is 0.0540. The van der Waals surface area contributed by atoms with Crippen LogP contribution in [0.15, 0.2) is 4.52 Å². The van der Waals surface area contributed by atoms with Gasteiger partial charge in [0.05, 0.1) is 19.3 Å². The molecule has 23 heavy (non-hydrogen) atoms. The molecule has 0 saturated carbocycles. The monoisotopic (exact) mass is 324 g/mol. The van der Waals surface area contributed by atoms with E-state index in [1.54, 1.807) is 7.11 Å². The number of morpholine rings is 1. The SMILES string of the molecule is COCc1nc([C@H]2CCCCCN2C(=O)N2CCOCC2)no1. The molecular formula is C15H24N4O4. The zero-order valence-electron chi connectivity index (χ0n) is 13.6. The molecule has 2 saturated heterocycles. The van der Waals surface area contributed by atoms with Gasteiger partial charge in [0.2, 0.25) is 0 Å². The summed E-state index contributed by atoms with van der Waals surface area (Å²) in [5.41, 5.74) is 0. The van der Waals surface area contributed by atoms with Crippen molar-refractivity contribution in [3.05, 3.63) is 11.7 Å². The minimum Gasteiger partial charge on any atom is -0.378 e. The number of nitrogens with zero attached hydrogens (tertiary/aromatic N) is 4. The number of urea groups is 1. The van der Waals surface area contributed by atoms with E-state index in [0.29, 0.717) is 38.0 Å². The number of carbonyl (C=O) groups is 1. The van der Waals surface area contributed by atoms with Gasteiger partial charge < -0.3 is 23.8 Å². The van der Waals surface area contributed by atoms with Crippen molar-refractivity contribution in [1.29, 1.82) is 0 Å². The van der Waals surface area contributed by atoms with Crippen LogP contribution in [0.2, 0.25) is 0 Å². The molecule has 3 heterocycles. The lowest BCUT2D eigenvalue weighted by molar-refractivity contribution is 0.0387. The van der Waals surface area contributed by atoms with Gasteiger partial charge in [0.1, 0.15) is 6.61 Å². The Morgan fingerprint density at radius 2 is 2.09 bits per heavy atom. The van der Waals surface area contributed by atoms with Crippen LogP contribution >= 0.6 is 0 Å². The van der Waals surface area contributed by atoms with E-state index in [1.807, 2.05) is 9.80 Å². The molecule has 0 aromatic carbocycles. The third-order valence-electron chi connectivity index (χ3n) is 4.33. The van der Waals surface area contributed by atoms with Crippen LogP contribution in [-0.4, -0.2) is 65.9 Å². The molecule has 3 rings (SSSR count). The molecule has 2 aliphatic rings. The Balaban J connectivity index is 1.77. The van der Waals surface area contributed by atoms with E-state index in [1.165, 1.54) is 0 Å². The van der Waals surface area contributed by atoms with Gasteiger partial charge in [-0.05, 0) is 12.8 Å². The minimum atomic E-state index is -0.123. The highest BCUT2D eigenvalue weighted by atomic mass is 16.5. The van der Waals surface area contributed by atoms with Gasteiger partial charge >= 0.3 is 6.03 Å². The number of hydrogen-bond donors (Lipinski definition) is 0. The van der Waals surface area contributed by atoms with Gasteiger partial charge in [0.25, 0.3) is 5.89 Å². The van der Waals surface area contributed by atoms with Crippen molar-refractivity contribution >= 4 is 6.03 Å². The molecule has 2 fully saturated rings. The van der Waals surface area contributed by atoms with Gasteiger partial charge in [-0.25, -0.2) is 4.79 Å². The van der Waals surface area contributed by atoms with E-state index >= 15 is 0 Å². The number of carbonyl (C=O) groups excluding carboxylic acids is 1. The molecule has 0 bridgehead atoms. The Morgan fingerprint density at radius 1 is 1.26 bits per heavy atom. The van der Waals surface area contributed by atoms with Gasteiger partial charge in [0, 0.05) is 26.7 Å². The van der Waals surface area contributed by atoms with E-state index < -0.39 is 0 Å². The maximum Gasteiger partial charge on any atom is 0.320 e. The Labute approximate surface area is 135 Å². The summed E-state index contributed by atoms with van der Waals surface area (Å²) in [4.78, 5) is 21.1. The third-order valence-corrected chi connectivity index (χ3v) is 4.33. The van der Waals surface area contributed by atoms with Crippen LogP contribution in [-0.2, 0) is 16.1 Å². The molecule has 0 unspecified atom stereocenters. The highest BCUT2D eigenvalue weighted by molar-refractivity contribution is 5.75. The number of ether oxygens (including phenoxy) is 2. The van der Waals surface area contributed by atoms with E-state index in [2.05, 4.69) is 10.1 Å². The van der Waals surface area contributed by atoms with Crippen LogP contribution in [0.4, 0.5) is 4.79 Å². The summed E-state index contributed by atoms with van der Waals surface area (Å²) in [6, 6.07) is -0.0690. The predicted octanol–water partition coefficient (Wildman–Crippen LogP) is 1.59. The van der Waals surface area contributed by atoms with Crippen LogP contribution in [0.25, 0.3) is 0 Å². The number of hydrogen-bond acceptors (Lipinski definition) is 6. The molecule has 1 aromatic heterocycles. The van der Waals surface area contributed by atoms with Crippen LogP contribution in [0.3, 0.4) is 0 Å². The zero-order valence-corrected chi connectivity index (χ0v) is 13.6. The van der Waals surface area contributed by atoms with E-state index in [-0.39, 0.29) is 18.7 Å². The fourth-order valence-electron chi connectivity index (χ4n) is 3.13. The average molecular weight is 324 g/mol. The predicted molar refractivity (Wildman–Crippen MR) is 80.7 cm³/mol. The maximum atomic E-state index is 12.9. The summed E-state index contributed by atoms with van der Waals surface area (Å²) < 4.78 is 15.6. The fourth-order valence-corrected chi connectivity index (χ4v) is 3.13. The molecule has 0 N–H and O–H groups in total. The first-order chi connectivity index (χ1) is 11.3. The van der Waals surface area contributed by atoms with Crippen molar-refractivity contribution in [1.82, 2.24) is 19.9 Å². The van der Waals surface area contributed by atoms with E-state index in [0.717, 1.165) is 32.2 Å². The highest BCUT2D eigenvalue weighted by Crippen LogP contribution is 2.29. The van der Waals surface area contributed by atoms with E-state index in [4.69, 9.17) is 14.0 Å². The first-order valence-electron chi connectivity index (χ1n) is 8.24. The summed E-state index contributed by atoms with van der Waals surface area (Å²) in [5.74, 6) is 1.03. The first kappa shape index (κ1) is 16.2. The highest BCUT2D eigenvalue weighted by Gasteiger charge is 2.33. The Bertz CT molecular complexity index is 515. The van der Waals surface area contributed by atoms with Gasteiger partial charge in [-0.2, -0.15) is 4.98 Å². The quantitative estimate of drug-likeness (QED) is 0.840.